The zero-order valence-corrected chi connectivity index (χ0v) is 13.6. The Kier molecular flexibility index (Phi) is 4.74. The maximum atomic E-state index is 12.9. The molecule has 130 valence electrons. The minimum Gasteiger partial charge on any atom is -0.458 e. The van der Waals surface area contributed by atoms with Crippen molar-refractivity contribution in [2.24, 2.45) is 0 Å². The number of esters is 1. The van der Waals surface area contributed by atoms with Crippen LogP contribution in [-0.2, 0) is 15.7 Å². The highest BCUT2D eigenvalue weighted by molar-refractivity contribution is 5.81. The Morgan fingerprint density at radius 2 is 2.04 bits per heavy atom. The van der Waals surface area contributed by atoms with E-state index in [9.17, 15) is 18.0 Å². The van der Waals surface area contributed by atoms with Gasteiger partial charge in [-0.25, -0.2) is 9.78 Å². The largest absolute Gasteiger partial charge is 0.458 e. The lowest BCUT2D eigenvalue weighted by Gasteiger charge is -2.28. The minimum absolute atomic E-state index is 0.00143. The first-order valence-electron chi connectivity index (χ1n) is 7.51. The number of alkyl halides is 3. The molecule has 0 spiro atoms. The van der Waals surface area contributed by atoms with E-state index in [1.165, 1.54) is 4.90 Å². The summed E-state index contributed by atoms with van der Waals surface area (Å²) in [5, 5.41) is 9.17. The van der Waals surface area contributed by atoms with Gasteiger partial charge >= 0.3 is 12.1 Å². The minimum atomic E-state index is -4.62. The molecule has 1 aromatic rings. The van der Waals surface area contributed by atoms with E-state index in [2.05, 4.69) is 4.98 Å². The molecule has 0 N–H and O–H groups in total. The fourth-order valence-corrected chi connectivity index (χ4v) is 2.55. The Hall–Kier alpha value is -2.30. The Labute approximate surface area is 138 Å². The number of rotatable bonds is 2. The molecule has 24 heavy (non-hydrogen) atoms. The summed E-state index contributed by atoms with van der Waals surface area (Å²) in [6.07, 6.45) is -3.58. The second kappa shape index (κ2) is 6.30. The molecule has 0 radical (unpaired) electrons. The number of carbonyl (C=O) groups excluding carboxylic acids is 1. The van der Waals surface area contributed by atoms with Gasteiger partial charge in [0.2, 0.25) is 0 Å². The van der Waals surface area contributed by atoms with Gasteiger partial charge < -0.3 is 9.64 Å². The van der Waals surface area contributed by atoms with E-state index < -0.39 is 29.5 Å². The molecule has 1 atom stereocenters. The first-order valence-corrected chi connectivity index (χ1v) is 7.51. The summed E-state index contributed by atoms with van der Waals surface area (Å²) < 4.78 is 44.1. The van der Waals surface area contributed by atoms with Gasteiger partial charge in [0.1, 0.15) is 29.2 Å². The van der Waals surface area contributed by atoms with E-state index in [0.717, 1.165) is 12.1 Å². The number of nitrogens with zero attached hydrogens (tertiary/aromatic N) is 3. The molecule has 0 unspecified atom stereocenters. The molecule has 0 saturated carbocycles. The Balaban J connectivity index is 2.38. The number of anilines is 1. The maximum Gasteiger partial charge on any atom is 0.433 e. The van der Waals surface area contributed by atoms with Crippen LogP contribution >= 0.6 is 0 Å². The number of aromatic nitrogens is 1. The molecule has 0 amide bonds. The highest BCUT2D eigenvalue weighted by atomic mass is 19.4. The summed E-state index contributed by atoms with van der Waals surface area (Å²) >= 11 is 0. The fourth-order valence-electron chi connectivity index (χ4n) is 2.55. The van der Waals surface area contributed by atoms with Crippen molar-refractivity contribution in [3.63, 3.8) is 0 Å². The van der Waals surface area contributed by atoms with Crippen molar-refractivity contribution in [1.82, 2.24) is 4.98 Å². The van der Waals surface area contributed by atoms with Crippen molar-refractivity contribution >= 4 is 11.8 Å². The molecule has 0 aliphatic carbocycles. The van der Waals surface area contributed by atoms with Gasteiger partial charge in [0, 0.05) is 6.54 Å². The maximum absolute atomic E-state index is 12.9. The van der Waals surface area contributed by atoms with Gasteiger partial charge in [-0.05, 0) is 45.7 Å². The van der Waals surface area contributed by atoms with E-state index in [-0.39, 0.29) is 11.4 Å². The van der Waals surface area contributed by atoms with Gasteiger partial charge in [0.25, 0.3) is 0 Å². The number of ether oxygens (including phenoxy) is 1. The Morgan fingerprint density at radius 3 is 2.58 bits per heavy atom. The Bertz CT molecular complexity index is 675. The van der Waals surface area contributed by atoms with Crippen LogP contribution in [0.3, 0.4) is 0 Å². The van der Waals surface area contributed by atoms with Crippen LogP contribution in [0.4, 0.5) is 19.0 Å². The smallest absolute Gasteiger partial charge is 0.433 e. The number of halogens is 3. The van der Waals surface area contributed by atoms with Gasteiger partial charge in [-0.15, -0.1) is 0 Å². The van der Waals surface area contributed by atoms with E-state index >= 15 is 0 Å². The van der Waals surface area contributed by atoms with Crippen molar-refractivity contribution in [1.29, 1.82) is 5.26 Å². The number of hydrogen-bond donors (Lipinski definition) is 0. The van der Waals surface area contributed by atoms with Crippen molar-refractivity contribution in [3.05, 3.63) is 23.4 Å². The molecule has 5 nitrogen and oxygen atoms in total. The molecule has 1 saturated heterocycles. The first-order chi connectivity index (χ1) is 11.0. The van der Waals surface area contributed by atoms with E-state index in [4.69, 9.17) is 10.00 Å². The van der Waals surface area contributed by atoms with Crippen LogP contribution in [0.5, 0.6) is 0 Å². The average molecular weight is 341 g/mol. The van der Waals surface area contributed by atoms with Gasteiger partial charge in [0.15, 0.2) is 0 Å². The molecular weight excluding hydrogens is 323 g/mol. The Morgan fingerprint density at radius 1 is 1.38 bits per heavy atom. The van der Waals surface area contributed by atoms with E-state index in [1.807, 2.05) is 6.07 Å². The zero-order chi connectivity index (χ0) is 18.1. The monoisotopic (exact) mass is 341 g/mol. The number of pyridine rings is 1. The topological polar surface area (TPSA) is 66.2 Å². The van der Waals surface area contributed by atoms with Gasteiger partial charge in [-0.2, -0.15) is 18.4 Å². The molecule has 2 rings (SSSR count). The lowest BCUT2D eigenvalue weighted by Crippen LogP contribution is -2.41. The van der Waals surface area contributed by atoms with Crippen LogP contribution in [-0.4, -0.2) is 29.1 Å². The highest BCUT2D eigenvalue weighted by Crippen LogP contribution is 2.33. The third-order valence-corrected chi connectivity index (χ3v) is 3.49. The average Bonchev–Trinajstić information content (AvgIpc) is 2.93. The third-order valence-electron chi connectivity index (χ3n) is 3.49. The second-order valence-corrected chi connectivity index (χ2v) is 6.56. The fraction of sp³-hybridized carbons (Fsp3) is 0.562. The van der Waals surface area contributed by atoms with Crippen LogP contribution in [0.25, 0.3) is 0 Å². The lowest BCUT2D eigenvalue weighted by atomic mass is 10.1. The summed E-state index contributed by atoms with van der Waals surface area (Å²) in [5.74, 6) is -0.649. The van der Waals surface area contributed by atoms with Gasteiger partial charge in [0.05, 0.1) is 5.56 Å². The van der Waals surface area contributed by atoms with Crippen molar-refractivity contribution < 1.29 is 22.7 Å². The molecule has 1 aliphatic rings. The molecule has 1 aromatic heterocycles. The van der Waals surface area contributed by atoms with Crippen LogP contribution in [0.15, 0.2) is 12.1 Å². The summed E-state index contributed by atoms with van der Waals surface area (Å²) in [4.78, 5) is 17.4. The number of hydrogen-bond acceptors (Lipinski definition) is 5. The normalized spacial score (nSPS) is 18.4. The van der Waals surface area contributed by atoms with E-state index in [0.29, 0.717) is 19.4 Å². The predicted octanol–water partition coefficient (Wildman–Crippen LogP) is 3.28. The van der Waals surface area contributed by atoms with Gasteiger partial charge in [-0.1, -0.05) is 0 Å². The second-order valence-electron chi connectivity index (χ2n) is 6.56. The van der Waals surface area contributed by atoms with Gasteiger partial charge in [-0.3, -0.25) is 0 Å². The highest BCUT2D eigenvalue weighted by Gasteiger charge is 2.38. The standard InChI is InChI=1S/C16H18F3N3O2/c1-15(2,3)24-14(23)11-5-4-8-22(11)13-10(9-20)6-7-12(21-13)16(17,18)19/h6-7,11H,4-5,8H2,1-3H3/t11-/m0/s1. The quantitative estimate of drug-likeness (QED) is 0.772. The first kappa shape index (κ1) is 18.0. The molecule has 0 bridgehead atoms. The number of nitriles is 1. The third kappa shape index (κ3) is 3.96. The van der Waals surface area contributed by atoms with Crippen molar-refractivity contribution in [3.8, 4) is 6.07 Å². The number of carbonyl (C=O) groups is 1. The summed E-state index contributed by atoms with van der Waals surface area (Å²) in [6.45, 7) is 5.49. The predicted molar refractivity (Wildman–Crippen MR) is 80.2 cm³/mol. The SMILES string of the molecule is CC(C)(C)OC(=O)[C@@H]1CCCN1c1nc(C(F)(F)F)ccc1C#N. The molecule has 1 aliphatic heterocycles. The lowest BCUT2D eigenvalue weighted by molar-refractivity contribution is -0.156. The molecule has 8 heteroatoms. The van der Waals surface area contributed by atoms with Crippen LogP contribution in [0, 0.1) is 11.3 Å². The molecule has 0 aromatic carbocycles. The summed E-state index contributed by atoms with van der Waals surface area (Å²) in [6, 6.07) is 2.94. The molecule has 2 heterocycles. The zero-order valence-electron chi connectivity index (χ0n) is 13.6. The van der Waals surface area contributed by atoms with Crippen LogP contribution in [0.1, 0.15) is 44.9 Å². The molecule has 1 fully saturated rings. The van der Waals surface area contributed by atoms with E-state index in [1.54, 1.807) is 20.8 Å². The van der Waals surface area contributed by atoms with Crippen molar-refractivity contribution in [2.45, 2.75) is 51.4 Å². The van der Waals surface area contributed by atoms with Crippen molar-refractivity contribution in [2.75, 3.05) is 11.4 Å². The van der Waals surface area contributed by atoms with Crippen LogP contribution in [0.2, 0.25) is 0 Å². The van der Waals surface area contributed by atoms with Crippen LogP contribution < -0.4 is 4.90 Å². The molecular formula is C16H18F3N3O2. The summed E-state index contributed by atoms with van der Waals surface area (Å²) in [5.41, 5.74) is -1.80. The summed E-state index contributed by atoms with van der Waals surface area (Å²) in [7, 11) is 0.